The van der Waals surface area contributed by atoms with E-state index in [4.69, 9.17) is 15.0 Å². The Kier molecular flexibility index (Phi) is 6.32. The van der Waals surface area contributed by atoms with Gasteiger partial charge in [-0.2, -0.15) is 0 Å². The Morgan fingerprint density at radius 2 is 0.814 bits per heavy atom. The molecule has 2 aromatic heterocycles. The molecule has 0 aliphatic carbocycles. The molecule has 8 rings (SSSR count). The lowest BCUT2D eigenvalue weighted by atomic mass is 9.95. The van der Waals surface area contributed by atoms with E-state index >= 15 is 0 Å². The van der Waals surface area contributed by atoms with Gasteiger partial charge in [0.2, 0.25) is 0 Å². The van der Waals surface area contributed by atoms with Gasteiger partial charge in [0.15, 0.2) is 17.5 Å². The molecule has 0 saturated carbocycles. The van der Waals surface area contributed by atoms with Crippen LogP contribution in [0.15, 0.2) is 152 Å². The highest BCUT2D eigenvalue weighted by Gasteiger charge is 2.14. The third-order valence-electron chi connectivity index (χ3n) is 7.73. The van der Waals surface area contributed by atoms with Crippen molar-refractivity contribution in [3.05, 3.63) is 152 Å². The van der Waals surface area contributed by atoms with Crippen LogP contribution in [0.3, 0.4) is 0 Å². The molecule has 202 valence electrons. The summed E-state index contributed by atoms with van der Waals surface area (Å²) in [7, 11) is 0. The molecule has 0 aliphatic heterocycles. The lowest BCUT2D eigenvalue weighted by Gasteiger charge is -2.11. The quantitative estimate of drug-likeness (QED) is 0.208. The molecule has 4 heteroatoms. The van der Waals surface area contributed by atoms with Crippen molar-refractivity contribution in [2.75, 3.05) is 0 Å². The van der Waals surface area contributed by atoms with Crippen molar-refractivity contribution in [1.82, 2.24) is 15.0 Å². The normalized spacial score (nSPS) is 11.3. The van der Waals surface area contributed by atoms with Gasteiger partial charge >= 0.3 is 0 Å². The van der Waals surface area contributed by atoms with E-state index in [0.29, 0.717) is 17.5 Å². The highest BCUT2D eigenvalue weighted by molar-refractivity contribution is 7.25. The van der Waals surface area contributed by atoms with Gasteiger partial charge in [0.05, 0.1) is 0 Å². The van der Waals surface area contributed by atoms with Crippen molar-refractivity contribution in [2.45, 2.75) is 0 Å². The average molecular weight is 568 g/mol. The molecule has 43 heavy (non-hydrogen) atoms. The third-order valence-corrected chi connectivity index (χ3v) is 8.87. The van der Waals surface area contributed by atoms with Crippen LogP contribution in [0.4, 0.5) is 0 Å². The van der Waals surface area contributed by atoms with Gasteiger partial charge in [0, 0.05) is 36.9 Å². The molecule has 0 atom stereocenters. The first-order valence-corrected chi connectivity index (χ1v) is 15.1. The third kappa shape index (κ3) is 4.78. The second-order valence-electron chi connectivity index (χ2n) is 10.5. The Morgan fingerprint density at radius 3 is 1.49 bits per heavy atom. The fourth-order valence-electron chi connectivity index (χ4n) is 5.66. The fraction of sp³-hybridized carbons (Fsp3) is 0. The number of fused-ring (bicyclic) bond motifs is 3. The van der Waals surface area contributed by atoms with Crippen molar-refractivity contribution in [1.29, 1.82) is 0 Å². The highest BCUT2D eigenvalue weighted by atomic mass is 32.1. The number of hydrogen-bond acceptors (Lipinski definition) is 4. The molecule has 0 fully saturated rings. The summed E-state index contributed by atoms with van der Waals surface area (Å²) in [5, 5.41) is 2.63. The van der Waals surface area contributed by atoms with Gasteiger partial charge in [-0.15, -0.1) is 11.3 Å². The Hall–Kier alpha value is -5.45. The lowest BCUT2D eigenvalue weighted by molar-refractivity contribution is 1.07. The second kappa shape index (κ2) is 10.8. The van der Waals surface area contributed by atoms with Crippen LogP contribution < -0.4 is 0 Å². The van der Waals surface area contributed by atoms with Gasteiger partial charge in [-0.25, -0.2) is 15.0 Å². The van der Waals surface area contributed by atoms with Gasteiger partial charge in [0.1, 0.15) is 0 Å². The van der Waals surface area contributed by atoms with Crippen LogP contribution in [0.25, 0.3) is 76.6 Å². The smallest absolute Gasteiger partial charge is 0.164 e. The Labute approximate surface area is 253 Å². The summed E-state index contributed by atoms with van der Waals surface area (Å²) < 4.78 is 2.63. The van der Waals surface area contributed by atoms with Crippen LogP contribution in [0, 0.1) is 0 Å². The van der Waals surface area contributed by atoms with E-state index in [1.165, 1.54) is 31.3 Å². The molecule has 0 aliphatic rings. The Bertz CT molecular complexity index is 2180. The molecule has 3 nitrogen and oxygen atoms in total. The number of aromatic nitrogens is 3. The van der Waals surface area contributed by atoms with Crippen LogP contribution in [0.2, 0.25) is 0 Å². The first kappa shape index (κ1) is 25.3. The fourth-order valence-corrected chi connectivity index (χ4v) is 6.79. The molecule has 0 bridgehead atoms. The van der Waals surface area contributed by atoms with E-state index in [1.54, 1.807) is 0 Å². The minimum Gasteiger partial charge on any atom is -0.208 e. The maximum Gasteiger partial charge on any atom is 0.164 e. The van der Waals surface area contributed by atoms with Crippen molar-refractivity contribution in [2.24, 2.45) is 0 Å². The van der Waals surface area contributed by atoms with Crippen LogP contribution in [-0.2, 0) is 0 Å². The molecular weight excluding hydrogens is 543 g/mol. The summed E-state index contributed by atoms with van der Waals surface area (Å²) in [6, 6.07) is 52.8. The van der Waals surface area contributed by atoms with Crippen LogP contribution >= 0.6 is 11.3 Å². The first-order valence-electron chi connectivity index (χ1n) is 14.3. The minimum absolute atomic E-state index is 0.653. The molecule has 2 heterocycles. The number of hydrogen-bond donors (Lipinski definition) is 0. The number of benzene rings is 6. The van der Waals surface area contributed by atoms with E-state index in [0.717, 1.165) is 27.8 Å². The summed E-state index contributed by atoms with van der Waals surface area (Å²) in [5.74, 6) is 1.97. The summed E-state index contributed by atoms with van der Waals surface area (Å²) in [4.78, 5) is 14.7. The van der Waals surface area contributed by atoms with Gasteiger partial charge in [0.25, 0.3) is 0 Å². The number of nitrogens with zero attached hydrogens (tertiary/aromatic N) is 3. The maximum atomic E-state index is 4.94. The van der Waals surface area contributed by atoms with Crippen molar-refractivity contribution >= 4 is 31.5 Å². The monoisotopic (exact) mass is 567 g/mol. The molecule has 0 saturated heterocycles. The number of rotatable bonds is 5. The van der Waals surface area contributed by atoms with Crippen LogP contribution in [0.5, 0.6) is 0 Å². The molecular formula is C39H25N3S. The predicted octanol–water partition coefficient (Wildman–Crippen LogP) is 10.6. The topological polar surface area (TPSA) is 38.7 Å². The van der Waals surface area contributed by atoms with Gasteiger partial charge < -0.3 is 0 Å². The summed E-state index contributed by atoms with van der Waals surface area (Å²) in [6.07, 6.45) is 0. The maximum absolute atomic E-state index is 4.94. The molecule has 6 aromatic carbocycles. The largest absolute Gasteiger partial charge is 0.208 e. The van der Waals surface area contributed by atoms with E-state index in [2.05, 4.69) is 91.0 Å². The second-order valence-corrected chi connectivity index (χ2v) is 11.6. The van der Waals surface area contributed by atoms with E-state index in [9.17, 15) is 0 Å². The van der Waals surface area contributed by atoms with Crippen molar-refractivity contribution in [3.8, 4) is 56.4 Å². The average Bonchev–Trinajstić information content (AvgIpc) is 3.48. The molecule has 0 unspecified atom stereocenters. The van der Waals surface area contributed by atoms with Crippen molar-refractivity contribution < 1.29 is 0 Å². The summed E-state index contributed by atoms with van der Waals surface area (Å²) >= 11 is 1.85. The predicted molar refractivity (Wildman–Crippen MR) is 180 cm³/mol. The van der Waals surface area contributed by atoms with E-state index < -0.39 is 0 Å². The zero-order chi connectivity index (χ0) is 28.6. The molecule has 0 spiro atoms. The highest BCUT2D eigenvalue weighted by Crippen LogP contribution is 2.40. The SMILES string of the molecule is c1ccc(-c2nc(-c3ccccc3)nc(-c3cccc(-c4cccc(-c5cccc6sc7ccccc7c56)c4)c3)n2)cc1. The first-order chi connectivity index (χ1) is 21.3. The zero-order valence-electron chi connectivity index (χ0n) is 23.2. The molecule has 0 amide bonds. The van der Waals surface area contributed by atoms with Gasteiger partial charge in [-0.05, 0) is 46.5 Å². The minimum atomic E-state index is 0.653. The van der Waals surface area contributed by atoms with E-state index in [-0.39, 0.29) is 0 Å². The Morgan fingerprint density at radius 1 is 0.349 bits per heavy atom. The lowest BCUT2D eigenvalue weighted by Crippen LogP contribution is -2.00. The van der Waals surface area contributed by atoms with E-state index in [1.807, 2.05) is 72.0 Å². The molecule has 0 radical (unpaired) electrons. The van der Waals surface area contributed by atoms with Crippen LogP contribution in [-0.4, -0.2) is 15.0 Å². The zero-order valence-corrected chi connectivity index (χ0v) is 24.0. The standard InChI is InChI=1S/C39H25N3S/c1-3-12-26(13-4-1)37-40-38(27-14-5-2-6-15-27)42-39(41-37)31-19-10-17-29(25-31)28-16-9-18-30(24-28)32-21-11-23-35-36(32)33-20-7-8-22-34(33)43-35/h1-25H. The van der Waals surface area contributed by atoms with Crippen LogP contribution in [0.1, 0.15) is 0 Å². The molecule has 8 aromatic rings. The van der Waals surface area contributed by atoms with Gasteiger partial charge in [-0.1, -0.05) is 127 Å². The summed E-state index contributed by atoms with van der Waals surface area (Å²) in [6.45, 7) is 0. The van der Waals surface area contributed by atoms with Gasteiger partial charge in [-0.3, -0.25) is 0 Å². The van der Waals surface area contributed by atoms with Crippen molar-refractivity contribution in [3.63, 3.8) is 0 Å². The summed E-state index contributed by atoms with van der Waals surface area (Å²) in [5.41, 5.74) is 7.59. The molecule has 0 N–H and O–H groups in total. The number of thiophene rings is 1. The Balaban J connectivity index is 1.23.